The van der Waals surface area contributed by atoms with E-state index >= 15 is 0 Å². The fourth-order valence-electron chi connectivity index (χ4n) is 1.70. The molecule has 0 spiro atoms. The lowest BCUT2D eigenvalue weighted by Gasteiger charge is -2.20. The Balaban J connectivity index is 2.22. The van der Waals surface area contributed by atoms with Crippen molar-refractivity contribution in [2.24, 2.45) is 0 Å². The predicted octanol–water partition coefficient (Wildman–Crippen LogP) is -0.295. The molecule has 1 aliphatic rings. The topological polar surface area (TPSA) is 107 Å². The standard InChI is InChI=1S/C10H13N3O4/c14-4-3-13(6-1-2-6)9(15)7-8(10(16)17)12-5-11-7/h5-6,14H,1-4H2,(H,11,12)(H,16,17). The third-order valence-corrected chi connectivity index (χ3v) is 2.65. The smallest absolute Gasteiger partial charge is 0.354 e. The van der Waals surface area contributed by atoms with Crippen LogP contribution in [-0.4, -0.2) is 56.2 Å². The van der Waals surface area contributed by atoms with E-state index in [1.807, 2.05) is 0 Å². The van der Waals surface area contributed by atoms with Gasteiger partial charge in [0.15, 0.2) is 11.4 Å². The van der Waals surface area contributed by atoms with Gasteiger partial charge in [-0.3, -0.25) is 4.79 Å². The van der Waals surface area contributed by atoms with Crippen molar-refractivity contribution in [2.75, 3.05) is 13.2 Å². The number of H-pyrrole nitrogens is 1. The number of aromatic nitrogens is 2. The zero-order chi connectivity index (χ0) is 12.4. The van der Waals surface area contributed by atoms with Gasteiger partial charge in [0, 0.05) is 12.6 Å². The van der Waals surface area contributed by atoms with Crippen molar-refractivity contribution in [3.05, 3.63) is 17.7 Å². The van der Waals surface area contributed by atoms with Crippen LogP contribution in [0.3, 0.4) is 0 Å². The number of hydrogen-bond donors (Lipinski definition) is 3. The van der Waals surface area contributed by atoms with Crippen LogP contribution in [0.2, 0.25) is 0 Å². The predicted molar refractivity (Wildman–Crippen MR) is 56.7 cm³/mol. The maximum absolute atomic E-state index is 12.1. The molecule has 1 saturated carbocycles. The minimum atomic E-state index is -1.22. The van der Waals surface area contributed by atoms with Crippen molar-refractivity contribution in [1.29, 1.82) is 0 Å². The molecule has 1 aromatic rings. The Morgan fingerprint density at radius 1 is 1.53 bits per heavy atom. The first-order valence-corrected chi connectivity index (χ1v) is 5.33. The quantitative estimate of drug-likeness (QED) is 0.654. The van der Waals surface area contributed by atoms with E-state index in [-0.39, 0.29) is 30.6 Å². The summed E-state index contributed by atoms with van der Waals surface area (Å²) in [6.07, 6.45) is 2.96. The number of amides is 1. The molecule has 1 aromatic heterocycles. The maximum Gasteiger partial charge on any atom is 0.354 e. The van der Waals surface area contributed by atoms with E-state index < -0.39 is 11.9 Å². The number of imidazole rings is 1. The van der Waals surface area contributed by atoms with E-state index in [0.717, 1.165) is 12.8 Å². The Labute approximate surface area is 97.1 Å². The molecule has 0 aromatic carbocycles. The molecule has 0 radical (unpaired) electrons. The van der Waals surface area contributed by atoms with Gasteiger partial charge in [0.1, 0.15) is 0 Å². The average molecular weight is 239 g/mol. The van der Waals surface area contributed by atoms with Gasteiger partial charge in [-0.2, -0.15) is 0 Å². The van der Waals surface area contributed by atoms with Crippen molar-refractivity contribution in [2.45, 2.75) is 18.9 Å². The molecule has 0 atom stereocenters. The second kappa shape index (κ2) is 4.54. The molecule has 7 nitrogen and oxygen atoms in total. The highest BCUT2D eigenvalue weighted by atomic mass is 16.4. The van der Waals surface area contributed by atoms with Crippen LogP contribution in [-0.2, 0) is 0 Å². The molecule has 7 heteroatoms. The molecule has 1 fully saturated rings. The van der Waals surface area contributed by atoms with Crippen molar-refractivity contribution in [1.82, 2.24) is 14.9 Å². The SMILES string of the molecule is O=C(O)c1[nH]cnc1C(=O)N(CCO)C1CC1. The maximum atomic E-state index is 12.1. The Morgan fingerprint density at radius 2 is 2.24 bits per heavy atom. The van der Waals surface area contributed by atoms with Gasteiger partial charge in [-0.15, -0.1) is 0 Å². The number of carbonyl (C=O) groups excluding carboxylic acids is 1. The van der Waals surface area contributed by atoms with Crippen molar-refractivity contribution in [3.63, 3.8) is 0 Å². The number of carbonyl (C=O) groups is 2. The monoisotopic (exact) mass is 239 g/mol. The Morgan fingerprint density at radius 3 is 2.76 bits per heavy atom. The van der Waals surface area contributed by atoms with E-state index in [9.17, 15) is 9.59 Å². The first-order valence-electron chi connectivity index (χ1n) is 5.33. The van der Waals surface area contributed by atoms with Gasteiger partial charge in [0.25, 0.3) is 5.91 Å². The number of nitrogens with one attached hydrogen (secondary N) is 1. The summed E-state index contributed by atoms with van der Waals surface area (Å²) in [7, 11) is 0. The van der Waals surface area contributed by atoms with E-state index in [0.29, 0.717) is 0 Å². The van der Waals surface area contributed by atoms with Crippen LogP contribution in [0, 0.1) is 0 Å². The number of aromatic carboxylic acids is 1. The number of aliphatic hydroxyl groups is 1. The molecular weight excluding hydrogens is 226 g/mol. The third kappa shape index (κ3) is 2.28. The number of aliphatic hydroxyl groups excluding tert-OH is 1. The number of rotatable bonds is 5. The van der Waals surface area contributed by atoms with Gasteiger partial charge in [-0.1, -0.05) is 0 Å². The van der Waals surface area contributed by atoms with E-state index in [1.54, 1.807) is 0 Å². The molecular formula is C10H13N3O4. The fourth-order valence-corrected chi connectivity index (χ4v) is 1.70. The molecule has 17 heavy (non-hydrogen) atoms. The molecule has 0 unspecified atom stereocenters. The largest absolute Gasteiger partial charge is 0.477 e. The average Bonchev–Trinajstić information content (AvgIpc) is 3.00. The van der Waals surface area contributed by atoms with Crippen LogP contribution in [0.5, 0.6) is 0 Å². The summed E-state index contributed by atoms with van der Waals surface area (Å²) < 4.78 is 0. The second-order valence-corrected chi connectivity index (χ2v) is 3.88. The molecule has 3 N–H and O–H groups in total. The highest BCUT2D eigenvalue weighted by Gasteiger charge is 2.35. The fraction of sp³-hybridized carbons (Fsp3) is 0.500. The lowest BCUT2D eigenvalue weighted by atomic mass is 10.2. The Kier molecular flexibility index (Phi) is 3.10. The highest BCUT2D eigenvalue weighted by molar-refractivity contribution is 6.02. The van der Waals surface area contributed by atoms with Crippen LogP contribution in [0.4, 0.5) is 0 Å². The molecule has 1 heterocycles. The first kappa shape index (κ1) is 11.6. The molecule has 0 bridgehead atoms. The van der Waals surface area contributed by atoms with Gasteiger partial charge in [0.05, 0.1) is 12.9 Å². The molecule has 1 amide bonds. The van der Waals surface area contributed by atoms with Crippen molar-refractivity contribution in [3.8, 4) is 0 Å². The molecule has 0 saturated heterocycles. The summed E-state index contributed by atoms with van der Waals surface area (Å²) in [5, 5.41) is 17.8. The summed E-state index contributed by atoms with van der Waals surface area (Å²) in [6, 6.07) is 0.105. The third-order valence-electron chi connectivity index (χ3n) is 2.65. The van der Waals surface area contributed by atoms with Gasteiger partial charge in [-0.05, 0) is 12.8 Å². The lowest BCUT2D eigenvalue weighted by molar-refractivity contribution is 0.0653. The first-order chi connectivity index (χ1) is 8.15. The van der Waals surface area contributed by atoms with E-state index in [4.69, 9.17) is 10.2 Å². The number of aromatic amines is 1. The van der Waals surface area contributed by atoms with E-state index in [1.165, 1.54) is 11.2 Å². The highest BCUT2D eigenvalue weighted by Crippen LogP contribution is 2.28. The van der Waals surface area contributed by atoms with Gasteiger partial charge >= 0.3 is 5.97 Å². The lowest BCUT2D eigenvalue weighted by Crippen LogP contribution is -2.36. The summed E-state index contributed by atoms with van der Waals surface area (Å²) in [4.78, 5) is 30.6. The summed E-state index contributed by atoms with van der Waals surface area (Å²) in [5.74, 6) is -1.66. The second-order valence-electron chi connectivity index (χ2n) is 3.88. The van der Waals surface area contributed by atoms with Crippen LogP contribution >= 0.6 is 0 Å². The zero-order valence-electron chi connectivity index (χ0n) is 9.09. The summed E-state index contributed by atoms with van der Waals surface area (Å²) in [6.45, 7) is 0.0600. The Bertz CT molecular complexity index is 439. The van der Waals surface area contributed by atoms with Crippen LogP contribution in [0.15, 0.2) is 6.33 Å². The van der Waals surface area contributed by atoms with Crippen molar-refractivity contribution < 1.29 is 19.8 Å². The van der Waals surface area contributed by atoms with Gasteiger partial charge in [-0.25, -0.2) is 9.78 Å². The normalized spacial score (nSPS) is 14.6. The summed E-state index contributed by atoms with van der Waals surface area (Å²) in [5.41, 5.74) is -0.309. The zero-order valence-corrected chi connectivity index (χ0v) is 9.09. The molecule has 1 aliphatic carbocycles. The minimum Gasteiger partial charge on any atom is -0.477 e. The van der Waals surface area contributed by atoms with Crippen LogP contribution < -0.4 is 0 Å². The van der Waals surface area contributed by atoms with Crippen molar-refractivity contribution >= 4 is 11.9 Å². The van der Waals surface area contributed by atoms with Crippen LogP contribution in [0.25, 0.3) is 0 Å². The molecule has 2 rings (SSSR count). The Hall–Kier alpha value is -1.89. The van der Waals surface area contributed by atoms with Crippen LogP contribution in [0.1, 0.15) is 33.8 Å². The minimum absolute atomic E-state index is 0.0992. The summed E-state index contributed by atoms with van der Waals surface area (Å²) >= 11 is 0. The number of hydrogen-bond acceptors (Lipinski definition) is 4. The number of carboxylic acid groups (broad SMARTS) is 1. The van der Waals surface area contributed by atoms with Gasteiger partial charge in [0.2, 0.25) is 0 Å². The molecule has 0 aliphatic heterocycles. The molecule has 92 valence electrons. The van der Waals surface area contributed by atoms with E-state index in [2.05, 4.69) is 9.97 Å². The number of nitrogens with zero attached hydrogens (tertiary/aromatic N) is 2. The number of carboxylic acids is 1. The van der Waals surface area contributed by atoms with Gasteiger partial charge < -0.3 is 20.1 Å².